The van der Waals surface area contributed by atoms with Crippen LogP contribution in [-0.4, -0.2) is 16.0 Å². The van der Waals surface area contributed by atoms with E-state index >= 15 is 0 Å². The van der Waals surface area contributed by atoms with Crippen LogP contribution >= 0.6 is 12.2 Å². The van der Waals surface area contributed by atoms with Gasteiger partial charge in [-0.05, 0) is 43.7 Å². The van der Waals surface area contributed by atoms with Crippen molar-refractivity contribution < 1.29 is 0 Å². The molecule has 0 spiro atoms. The summed E-state index contributed by atoms with van der Waals surface area (Å²) in [4.78, 5) is 4.59. The van der Waals surface area contributed by atoms with Crippen LogP contribution in [0.1, 0.15) is 38.3 Å². The Bertz CT molecular complexity index is 397. The van der Waals surface area contributed by atoms with E-state index in [1.54, 1.807) is 6.20 Å². The number of pyridine rings is 1. The van der Waals surface area contributed by atoms with Gasteiger partial charge in [-0.25, -0.2) is 0 Å². The lowest BCUT2D eigenvalue weighted by Gasteiger charge is -2.28. The first kappa shape index (κ1) is 12.3. The number of nitrogens with one attached hydrogen (secondary N) is 1. The molecule has 1 saturated carbocycles. The van der Waals surface area contributed by atoms with Gasteiger partial charge in [0.2, 0.25) is 0 Å². The first-order valence-electron chi connectivity index (χ1n) is 6.18. The van der Waals surface area contributed by atoms with Crippen molar-refractivity contribution in [1.29, 1.82) is 0 Å². The summed E-state index contributed by atoms with van der Waals surface area (Å²) in [6.07, 6.45) is 6.74. The highest BCUT2D eigenvalue weighted by atomic mass is 32.1. The number of thiocarbonyl (C=S) groups is 1. The van der Waals surface area contributed by atoms with Crippen molar-refractivity contribution in [3.05, 3.63) is 24.0 Å². The molecule has 0 atom stereocenters. The van der Waals surface area contributed by atoms with E-state index in [1.807, 2.05) is 12.1 Å². The third-order valence-electron chi connectivity index (χ3n) is 3.42. The summed E-state index contributed by atoms with van der Waals surface area (Å²) >= 11 is 5.01. The van der Waals surface area contributed by atoms with Crippen molar-refractivity contribution in [3.8, 4) is 0 Å². The summed E-state index contributed by atoms with van der Waals surface area (Å²) in [6.45, 7) is 2.32. The second-order valence-electron chi connectivity index (χ2n) is 4.86. The molecule has 1 fully saturated rings. The SMILES string of the molecule is CC1CCC(Nc2cccnc2C(N)=S)CC1. The molecule has 2 rings (SSSR count). The molecule has 92 valence electrons. The van der Waals surface area contributed by atoms with Crippen molar-refractivity contribution in [2.45, 2.75) is 38.6 Å². The number of hydrogen-bond acceptors (Lipinski definition) is 3. The monoisotopic (exact) mass is 249 g/mol. The van der Waals surface area contributed by atoms with Crippen molar-refractivity contribution in [3.63, 3.8) is 0 Å². The second-order valence-corrected chi connectivity index (χ2v) is 5.30. The molecule has 0 aromatic carbocycles. The fourth-order valence-corrected chi connectivity index (χ4v) is 2.51. The quantitative estimate of drug-likeness (QED) is 0.809. The van der Waals surface area contributed by atoms with Gasteiger partial charge >= 0.3 is 0 Å². The molecule has 17 heavy (non-hydrogen) atoms. The fraction of sp³-hybridized carbons (Fsp3) is 0.538. The van der Waals surface area contributed by atoms with Crippen molar-refractivity contribution >= 4 is 22.9 Å². The van der Waals surface area contributed by atoms with Crippen LogP contribution in [0.5, 0.6) is 0 Å². The molecule has 0 radical (unpaired) electrons. The van der Waals surface area contributed by atoms with E-state index in [4.69, 9.17) is 18.0 Å². The van der Waals surface area contributed by atoms with Crippen LogP contribution in [-0.2, 0) is 0 Å². The zero-order valence-electron chi connectivity index (χ0n) is 10.1. The molecule has 1 aromatic heterocycles. The molecule has 1 heterocycles. The maximum atomic E-state index is 5.67. The van der Waals surface area contributed by atoms with Gasteiger partial charge < -0.3 is 11.1 Å². The van der Waals surface area contributed by atoms with Crippen LogP contribution in [0.3, 0.4) is 0 Å². The van der Waals surface area contributed by atoms with Crippen molar-refractivity contribution in [2.24, 2.45) is 11.7 Å². The zero-order valence-corrected chi connectivity index (χ0v) is 11.0. The standard InChI is InChI=1S/C13H19N3S/c1-9-4-6-10(7-5-9)16-11-3-2-8-15-12(11)13(14)17/h2-3,8-10,16H,4-7H2,1H3,(H2,14,17). The van der Waals surface area contributed by atoms with E-state index in [0.29, 0.717) is 16.7 Å². The number of rotatable bonds is 3. The van der Waals surface area contributed by atoms with E-state index in [2.05, 4.69) is 17.2 Å². The van der Waals surface area contributed by atoms with Crippen molar-refractivity contribution in [1.82, 2.24) is 4.98 Å². The Morgan fingerprint density at radius 3 is 2.76 bits per heavy atom. The van der Waals surface area contributed by atoms with Crippen LogP contribution in [0.15, 0.2) is 18.3 Å². The molecule has 1 aliphatic carbocycles. The van der Waals surface area contributed by atoms with Gasteiger partial charge in [-0.15, -0.1) is 0 Å². The van der Waals surface area contributed by atoms with Gasteiger partial charge in [0.15, 0.2) is 0 Å². The van der Waals surface area contributed by atoms with Gasteiger partial charge in [0.25, 0.3) is 0 Å². The average molecular weight is 249 g/mol. The van der Waals surface area contributed by atoms with Crippen LogP contribution in [0.4, 0.5) is 5.69 Å². The van der Waals surface area contributed by atoms with Gasteiger partial charge in [0.1, 0.15) is 10.7 Å². The summed E-state index contributed by atoms with van der Waals surface area (Å²) in [7, 11) is 0. The minimum atomic E-state index is 0.359. The molecule has 0 unspecified atom stereocenters. The Morgan fingerprint density at radius 2 is 2.12 bits per heavy atom. The molecule has 3 nitrogen and oxygen atoms in total. The molecule has 1 aliphatic rings. The highest BCUT2D eigenvalue weighted by molar-refractivity contribution is 7.80. The Hall–Kier alpha value is -1.16. The van der Waals surface area contributed by atoms with E-state index in [0.717, 1.165) is 11.6 Å². The predicted octanol–water partition coefficient (Wildman–Crippen LogP) is 2.71. The first-order chi connectivity index (χ1) is 8.16. The third kappa shape index (κ3) is 3.16. The Morgan fingerprint density at radius 1 is 1.41 bits per heavy atom. The maximum absolute atomic E-state index is 5.67. The van der Waals surface area contributed by atoms with E-state index in [-0.39, 0.29) is 0 Å². The van der Waals surface area contributed by atoms with Crippen LogP contribution in [0.25, 0.3) is 0 Å². The van der Waals surface area contributed by atoms with Gasteiger partial charge in [-0.3, -0.25) is 4.98 Å². The summed E-state index contributed by atoms with van der Waals surface area (Å²) in [5, 5.41) is 3.52. The summed E-state index contributed by atoms with van der Waals surface area (Å²) in [5.74, 6) is 0.858. The van der Waals surface area contributed by atoms with Crippen LogP contribution < -0.4 is 11.1 Å². The molecule has 1 aromatic rings. The second kappa shape index (κ2) is 5.45. The topological polar surface area (TPSA) is 50.9 Å². The highest BCUT2D eigenvalue weighted by Crippen LogP contribution is 2.26. The number of nitrogens with two attached hydrogens (primary N) is 1. The molecular weight excluding hydrogens is 230 g/mol. The molecular formula is C13H19N3S. The van der Waals surface area contributed by atoms with Crippen molar-refractivity contribution in [2.75, 3.05) is 5.32 Å². The van der Waals surface area contributed by atoms with Crippen LogP contribution in [0.2, 0.25) is 0 Å². The van der Waals surface area contributed by atoms with Gasteiger partial charge in [-0.1, -0.05) is 19.1 Å². The van der Waals surface area contributed by atoms with E-state index in [9.17, 15) is 0 Å². The Labute approximate surface area is 108 Å². The lowest BCUT2D eigenvalue weighted by molar-refractivity contribution is 0.361. The fourth-order valence-electron chi connectivity index (χ4n) is 2.34. The minimum absolute atomic E-state index is 0.359. The predicted molar refractivity (Wildman–Crippen MR) is 75.2 cm³/mol. The molecule has 0 saturated heterocycles. The van der Waals surface area contributed by atoms with Gasteiger partial charge in [-0.2, -0.15) is 0 Å². The zero-order chi connectivity index (χ0) is 12.3. The normalized spacial score (nSPS) is 24.3. The van der Waals surface area contributed by atoms with E-state index in [1.165, 1.54) is 25.7 Å². The number of hydrogen-bond donors (Lipinski definition) is 2. The summed E-state index contributed by atoms with van der Waals surface area (Å²) in [6, 6.07) is 4.44. The summed E-state index contributed by atoms with van der Waals surface area (Å²) < 4.78 is 0. The molecule has 0 aliphatic heterocycles. The van der Waals surface area contributed by atoms with E-state index < -0.39 is 0 Å². The summed E-state index contributed by atoms with van der Waals surface area (Å²) in [5.41, 5.74) is 7.35. The average Bonchev–Trinajstić information content (AvgIpc) is 2.32. The Balaban J connectivity index is 2.05. The van der Waals surface area contributed by atoms with Gasteiger partial charge in [0.05, 0.1) is 5.69 Å². The lowest BCUT2D eigenvalue weighted by atomic mass is 9.87. The largest absolute Gasteiger partial charge is 0.388 e. The minimum Gasteiger partial charge on any atom is -0.388 e. The van der Waals surface area contributed by atoms with Gasteiger partial charge in [0, 0.05) is 12.2 Å². The smallest absolute Gasteiger partial charge is 0.124 e. The number of aromatic nitrogens is 1. The first-order valence-corrected chi connectivity index (χ1v) is 6.59. The number of nitrogens with zero attached hydrogens (tertiary/aromatic N) is 1. The number of anilines is 1. The van der Waals surface area contributed by atoms with Crippen LogP contribution in [0, 0.1) is 5.92 Å². The lowest BCUT2D eigenvalue weighted by Crippen LogP contribution is -2.27. The molecule has 0 amide bonds. The molecule has 3 N–H and O–H groups in total. The Kier molecular flexibility index (Phi) is 3.94. The molecule has 4 heteroatoms. The highest BCUT2D eigenvalue weighted by Gasteiger charge is 2.19. The molecule has 0 bridgehead atoms. The maximum Gasteiger partial charge on any atom is 0.124 e. The third-order valence-corrected chi connectivity index (χ3v) is 3.61.